The Balaban J connectivity index is 2.52. The number of aryl methyl sites for hydroxylation is 1. The van der Waals surface area contributed by atoms with E-state index < -0.39 is 0 Å². The van der Waals surface area contributed by atoms with Crippen LogP contribution in [-0.4, -0.2) is 29.0 Å². The summed E-state index contributed by atoms with van der Waals surface area (Å²) in [5, 5.41) is 2.89. The first-order valence-electron chi connectivity index (χ1n) is 5.61. The van der Waals surface area contributed by atoms with Gasteiger partial charge in [0, 0.05) is 32.0 Å². The summed E-state index contributed by atoms with van der Waals surface area (Å²) in [6.07, 6.45) is 3.54. The molecule has 4 heteroatoms. The van der Waals surface area contributed by atoms with Crippen molar-refractivity contribution in [2.45, 2.75) is 27.3 Å². The minimum absolute atomic E-state index is 0.0201. The van der Waals surface area contributed by atoms with E-state index in [1.165, 1.54) is 0 Å². The van der Waals surface area contributed by atoms with Gasteiger partial charge in [-0.2, -0.15) is 0 Å². The molecule has 0 saturated heterocycles. The summed E-state index contributed by atoms with van der Waals surface area (Å²) in [5.41, 5.74) is 2.21. The van der Waals surface area contributed by atoms with Gasteiger partial charge >= 0.3 is 6.03 Å². The second kappa shape index (κ2) is 6.10. The number of rotatable bonds is 4. The van der Waals surface area contributed by atoms with Crippen molar-refractivity contribution in [3.63, 3.8) is 0 Å². The number of pyridine rings is 1. The Morgan fingerprint density at radius 3 is 2.69 bits per heavy atom. The average molecular weight is 221 g/mol. The van der Waals surface area contributed by atoms with Crippen LogP contribution in [0.15, 0.2) is 18.5 Å². The fraction of sp³-hybridized carbons (Fsp3) is 0.500. The fourth-order valence-electron chi connectivity index (χ4n) is 1.48. The van der Waals surface area contributed by atoms with Crippen LogP contribution >= 0.6 is 0 Å². The van der Waals surface area contributed by atoms with Crippen LogP contribution in [0.25, 0.3) is 0 Å². The molecule has 0 atom stereocenters. The first kappa shape index (κ1) is 12.5. The molecule has 0 bridgehead atoms. The number of nitrogens with one attached hydrogen (secondary N) is 1. The van der Waals surface area contributed by atoms with Gasteiger partial charge in [-0.25, -0.2) is 4.79 Å². The zero-order valence-electron chi connectivity index (χ0n) is 10.2. The van der Waals surface area contributed by atoms with Gasteiger partial charge in [0.1, 0.15) is 0 Å². The normalized spacial score (nSPS) is 9.94. The van der Waals surface area contributed by atoms with Gasteiger partial charge in [-0.1, -0.05) is 0 Å². The number of hydrogen-bond donors (Lipinski definition) is 1. The Bertz CT molecular complexity index is 348. The van der Waals surface area contributed by atoms with E-state index in [-0.39, 0.29) is 6.03 Å². The van der Waals surface area contributed by atoms with Crippen LogP contribution < -0.4 is 5.32 Å². The molecule has 1 aromatic rings. The van der Waals surface area contributed by atoms with E-state index in [2.05, 4.69) is 10.3 Å². The number of nitrogens with zero attached hydrogens (tertiary/aromatic N) is 2. The molecular formula is C12H19N3O. The Hall–Kier alpha value is -1.58. The lowest BCUT2D eigenvalue weighted by Gasteiger charge is -2.19. The topological polar surface area (TPSA) is 45.2 Å². The van der Waals surface area contributed by atoms with Gasteiger partial charge in [0.15, 0.2) is 0 Å². The highest BCUT2D eigenvalue weighted by molar-refractivity contribution is 5.74. The lowest BCUT2D eigenvalue weighted by Crippen LogP contribution is -2.39. The molecule has 2 amide bonds. The molecule has 16 heavy (non-hydrogen) atoms. The number of amides is 2. The minimum Gasteiger partial charge on any atom is -0.334 e. The lowest BCUT2D eigenvalue weighted by molar-refractivity contribution is 0.203. The Morgan fingerprint density at radius 2 is 2.12 bits per heavy atom. The summed E-state index contributed by atoms with van der Waals surface area (Å²) in [5.74, 6) is 0. The summed E-state index contributed by atoms with van der Waals surface area (Å²) in [6, 6.07) is 1.92. The van der Waals surface area contributed by atoms with E-state index in [1.54, 1.807) is 17.3 Å². The molecule has 0 radical (unpaired) electrons. The largest absolute Gasteiger partial charge is 0.334 e. The number of hydrogen-bond acceptors (Lipinski definition) is 2. The van der Waals surface area contributed by atoms with E-state index in [1.807, 2.05) is 26.8 Å². The van der Waals surface area contributed by atoms with Crippen molar-refractivity contribution in [3.8, 4) is 0 Å². The second-order valence-electron chi connectivity index (χ2n) is 3.63. The molecule has 0 fully saturated rings. The Kier molecular flexibility index (Phi) is 4.76. The third kappa shape index (κ3) is 3.22. The first-order valence-corrected chi connectivity index (χ1v) is 5.61. The minimum atomic E-state index is -0.0201. The summed E-state index contributed by atoms with van der Waals surface area (Å²) in [4.78, 5) is 17.5. The van der Waals surface area contributed by atoms with Crippen LogP contribution in [0.2, 0.25) is 0 Å². The van der Waals surface area contributed by atoms with E-state index in [9.17, 15) is 4.79 Å². The van der Waals surface area contributed by atoms with Gasteiger partial charge < -0.3 is 10.2 Å². The smallest absolute Gasteiger partial charge is 0.317 e. The maximum absolute atomic E-state index is 11.7. The summed E-state index contributed by atoms with van der Waals surface area (Å²) < 4.78 is 0. The van der Waals surface area contributed by atoms with Gasteiger partial charge in [0.25, 0.3) is 0 Å². The molecule has 0 aliphatic carbocycles. The fourth-order valence-corrected chi connectivity index (χ4v) is 1.48. The van der Waals surface area contributed by atoms with Crippen molar-refractivity contribution in [1.82, 2.24) is 15.2 Å². The highest BCUT2D eigenvalue weighted by Crippen LogP contribution is 2.04. The summed E-state index contributed by atoms with van der Waals surface area (Å²) >= 11 is 0. The van der Waals surface area contributed by atoms with Crippen molar-refractivity contribution in [1.29, 1.82) is 0 Å². The van der Waals surface area contributed by atoms with Crippen LogP contribution in [0, 0.1) is 6.92 Å². The molecule has 1 rings (SSSR count). The highest BCUT2D eigenvalue weighted by Gasteiger charge is 2.08. The maximum Gasteiger partial charge on any atom is 0.317 e. The van der Waals surface area contributed by atoms with Crippen molar-refractivity contribution >= 4 is 6.03 Å². The SMILES string of the molecule is CCN(CC)C(=O)NCc1cnccc1C. The van der Waals surface area contributed by atoms with E-state index in [0.29, 0.717) is 6.54 Å². The predicted octanol–water partition coefficient (Wildman–Crippen LogP) is 1.94. The second-order valence-corrected chi connectivity index (χ2v) is 3.63. The molecule has 1 N–H and O–H groups in total. The predicted molar refractivity (Wildman–Crippen MR) is 64.1 cm³/mol. The molecule has 0 unspecified atom stereocenters. The number of carbonyl (C=O) groups is 1. The monoisotopic (exact) mass is 221 g/mol. The van der Waals surface area contributed by atoms with Crippen LogP contribution in [0.5, 0.6) is 0 Å². The van der Waals surface area contributed by atoms with Crippen LogP contribution in [0.3, 0.4) is 0 Å². The third-order valence-corrected chi connectivity index (χ3v) is 2.63. The molecule has 0 aromatic carbocycles. The molecule has 4 nitrogen and oxygen atoms in total. The molecule has 1 heterocycles. The van der Waals surface area contributed by atoms with Gasteiger partial charge in [0.2, 0.25) is 0 Å². The Labute approximate surface area is 96.7 Å². The van der Waals surface area contributed by atoms with Crippen LogP contribution in [0.4, 0.5) is 4.79 Å². The van der Waals surface area contributed by atoms with Gasteiger partial charge in [-0.3, -0.25) is 4.98 Å². The number of urea groups is 1. The van der Waals surface area contributed by atoms with E-state index in [0.717, 1.165) is 24.2 Å². The zero-order chi connectivity index (χ0) is 12.0. The standard InChI is InChI=1S/C12H19N3O/c1-4-15(5-2)12(16)14-9-11-8-13-7-6-10(11)3/h6-8H,4-5,9H2,1-3H3,(H,14,16). The average Bonchev–Trinajstić information content (AvgIpc) is 2.29. The number of carbonyl (C=O) groups excluding carboxylic acids is 1. The van der Waals surface area contributed by atoms with Crippen molar-refractivity contribution < 1.29 is 4.79 Å². The zero-order valence-corrected chi connectivity index (χ0v) is 10.2. The molecule has 0 aliphatic heterocycles. The molecule has 88 valence electrons. The van der Waals surface area contributed by atoms with Crippen molar-refractivity contribution in [3.05, 3.63) is 29.6 Å². The van der Waals surface area contributed by atoms with Crippen molar-refractivity contribution in [2.24, 2.45) is 0 Å². The molecular weight excluding hydrogens is 202 g/mol. The van der Waals surface area contributed by atoms with Crippen LogP contribution in [0.1, 0.15) is 25.0 Å². The molecule has 1 aromatic heterocycles. The van der Waals surface area contributed by atoms with Gasteiger partial charge in [-0.05, 0) is 38.0 Å². The molecule has 0 aliphatic rings. The van der Waals surface area contributed by atoms with Crippen LogP contribution in [-0.2, 0) is 6.54 Å². The quantitative estimate of drug-likeness (QED) is 0.844. The third-order valence-electron chi connectivity index (χ3n) is 2.63. The van der Waals surface area contributed by atoms with E-state index in [4.69, 9.17) is 0 Å². The van der Waals surface area contributed by atoms with Gasteiger partial charge in [0.05, 0.1) is 0 Å². The van der Waals surface area contributed by atoms with E-state index >= 15 is 0 Å². The first-order chi connectivity index (χ1) is 7.69. The molecule has 0 saturated carbocycles. The van der Waals surface area contributed by atoms with Crippen molar-refractivity contribution in [2.75, 3.05) is 13.1 Å². The number of aromatic nitrogens is 1. The highest BCUT2D eigenvalue weighted by atomic mass is 16.2. The maximum atomic E-state index is 11.7. The molecule has 0 spiro atoms. The Morgan fingerprint density at radius 1 is 1.44 bits per heavy atom. The van der Waals surface area contributed by atoms with Gasteiger partial charge in [-0.15, -0.1) is 0 Å². The lowest BCUT2D eigenvalue weighted by atomic mass is 10.2. The summed E-state index contributed by atoms with van der Waals surface area (Å²) in [6.45, 7) is 7.95. The summed E-state index contributed by atoms with van der Waals surface area (Å²) in [7, 11) is 0.